The fourth-order valence-electron chi connectivity index (χ4n) is 1.60. The SMILES string of the molecule is CCCN(c1ccnc(Cl)n1)C1CC1. The van der Waals surface area contributed by atoms with Gasteiger partial charge in [0, 0.05) is 18.8 Å². The second-order valence-corrected chi connectivity index (χ2v) is 3.95. The monoisotopic (exact) mass is 211 g/mol. The van der Waals surface area contributed by atoms with Gasteiger partial charge >= 0.3 is 0 Å². The molecule has 1 heterocycles. The molecule has 1 aromatic heterocycles. The molecular weight excluding hydrogens is 198 g/mol. The van der Waals surface area contributed by atoms with Gasteiger partial charge in [-0.05, 0) is 36.9 Å². The maximum absolute atomic E-state index is 5.77. The first-order valence-electron chi connectivity index (χ1n) is 5.06. The summed E-state index contributed by atoms with van der Waals surface area (Å²) in [4.78, 5) is 10.5. The van der Waals surface area contributed by atoms with Gasteiger partial charge in [-0.2, -0.15) is 0 Å². The van der Waals surface area contributed by atoms with E-state index in [9.17, 15) is 0 Å². The number of hydrogen-bond donors (Lipinski definition) is 0. The Morgan fingerprint density at radius 2 is 2.36 bits per heavy atom. The van der Waals surface area contributed by atoms with Crippen molar-refractivity contribution in [2.24, 2.45) is 0 Å². The molecule has 1 aromatic rings. The second kappa shape index (κ2) is 4.13. The van der Waals surface area contributed by atoms with Gasteiger partial charge in [-0.1, -0.05) is 6.92 Å². The summed E-state index contributed by atoms with van der Waals surface area (Å²) in [6.45, 7) is 3.23. The minimum atomic E-state index is 0.337. The zero-order valence-corrected chi connectivity index (χ0v) is 9.04. The Labute approximate surface area is 89.1 Å². The third kappa shape index (κ3) is 2.15. The first kappa shape index (κ1) is 9.71. The summed E-state index contributed by atoms with van der Waals surface area (Å²) in [5.74, 6) is 0.967. The highest BCUT2D eigenvalue weighted by molar-refractivity contribution is 6.28. The molecule has 3 nitrogen and oxygen atoms in total. The second-order valence-electron chi connectivity index (χ2n) is 3.61. The van der Waals surface area contributed by atoms with E-state index in [1.54, 1.807) is 6.20 Å². The Morgan fingerprint density at radius 1 is 1.57 bits per heavy atom. The minimum absolute atomic E-state index is 0.337. The van der Waals surface area contributed by atoms with Crippen LogP contribution in [0.25, 0.3) is 0 Å². The van der Waals surface area contributed by atoms with Crippen molar-refractivity contribution in [3.8, 4) is 0 Å². The van der Waals surface area contributed by atoms with Gasteiger partial charge in [-0.3, -0.25) is 0 Å². The van der Waals surface area contributed by atoms with Crippen LogP contribution in [0.15, 0.2) is 12.3 Å². The lowest BCUT2D eigenvalue weighted by molar-refractivity contribution is 0.748. The Kier molecular flexibility index (Phi) is 2.87. The average molecular weight is 212 g/mol. The van der Waals surface area contributed by atoms with Gasteiger partial charge in [0.2, 0.25) is 5.28 Å². The van der Waals surface area contributed by atoms with Gasteiger partial charge in [0.15, 0.2) is 0 Å². The van der Waals surface area contributed by atoms with Crippen molar-refractivity contribution >= 4 is 17.4 Å². The zero-order valence-electron chi connectivity index (χ0n) is 8.28. The topological polar surface area (TPSA) is 29.0 Å². The molecule has 0 aromatic carbocycles. The van der Waals surface area contributed by atoms with Crippen LogP contribution in [-0.2, 0) is 0 Å². The number of halogens is 1. The van der Waals surface area contributed by atoms with Crippen molar-refractivity contribution < 1.29 is 0 Å². The van der Waals surface area contributed by atoms with Gasteiger partial charge in [-0.25, -0.2) is 9.97 Å². The van der Waals surface area contributed by atoms with Crippen molar-refractivity contribution in [1.29, 1.82) is 0 Å². The highest BCUT2D eigenvalue weighted by Crippen LogP contribution is 2.30. The van der Waals surface area contributed by atoms with Crippen LogP contribution in [0, 0.1) is 0 Å². The van der Waals surface area contributed by atoms with Gasteiger partial charge in [0.25, 0.3) is 0 Å². The number of aromatic nitrogens is 2. The van der Waals surface area contributed by atoms with Crippen LogP contribution in [0.5, 0.6) is 0 Å². The predicted molar refractivity (Wildman–Crippen MR) is 57.7 cm³/mol. The quantitative estimate of drug-likeness (QED) is 0.717. The highest BCUT2D eigenvalue weighted by atomic mass is 35.5. The van der Waals surface area contributed by atoms with E-state index in [4.69, 9.17) is 11.6 Å². The molecule has 4 heteroatoms. The molecule has 76 valence electrons. The van der Waals surface area contributed by atoms with E-state index in [0.29, 0.717) is 11.3 Å². The average Bonchev–Trinajstić information content (AvgIpc) is 2.97. The minimum Gasteiger partial charge on any atom is -0.354 e. The van der Waals surface area contributed by atoms with Gasteiger partial charge in [0.05, 0.1) is 0 Å². The highest BCUT2D eigenvalue weighted by Gasteiger charge is 2.29. The van der Waals surface area contributed by atoms with E-state index in [2.05, 4.69) is 21.8 Å². The van der Waals surface area contributed by atoms with Crippen molar-refractivity contribution in [2.45, 2.75) is 32.2 Å². The summed E-state index contributed by atoms with van der Waals surface area (Å²) in [5, 5.41) is 0.337. The Balaban J connectivity index is 2.16. The lowest BCUT2D eigenvalue weighted by atomic mass is 10.4. The Morgan fingerprint density at radius 3 is 2.93 bits per heavy atom. The Hall–Kier alpha value is -0.830. The summed E-state index contributed by atoms with van der Waals surface area (Å²) in [6, 6.07) is 2.61. The van der Waals surface area contributed by atoms with E-state index in [0.717, 1.165) is 18.8 Å². The fraction of sp³-hybridized carbons (Fsp3) is 0.600. The molecule has 0 spiro atoms. The first-order valence-corrected chi connectivity index (χ1v) is 5.44. The number of nitrogens with zero attached hydrogens (tertiary/aromatic N) is 3. The number of anilines is 1. The molecule has 1 saturated carbocycles. The maximum atomic E-state index is 5.77. The Bertz CT molecular complexity index is 312. The molecule has 0 aliphatic heterocycles. The molecule has 0 radical (unpaired) electrons. The van der Waals surface area contributed by atoms with E-state index in [-0.39, 0.29) is 0 Å². The van der Waals surface area contributed by atoms with Crippen molar-refractivity contribution in [2.75, 3.05) is 11.4 Å². The standard InChI is InChI=1S/C10H14ClN3/c1-2-7-14(8-3-4-8)9-5-6-12-10(11)13-9/h5-6,8H,2-4,7H2,1H3. The molecule has 0 bridgehead atoms. The van der Waals surface area contributed by atoms with Crippen LogP contribution in [-0.4, -0.2) is 22.6 Å². The van der Waals surface area contributed by atoms with E-state index in [1.807, 2.05) is 6.07 Å². The molecule has 0 atom stereocenters. The van der Waals surface area contributed by atoms with Gasteiger partial charge in [-0.15, -0.1) is 0 Å². The molecule has 0 unspecified atom stereocenters. The van der Waals surface area contributed by atoms with Crippen LogP contribution in [0.2, 0.25) is 5.28 Å². The van der Waals surface area contributed by atoms with Crippen molar-refractivity contribution in [1.82, 2.24) is 9.97 Å². The molecule has 0 N–H and O–H groups in total. The summed E-state index contributed by atoms with van der Waals surface area (Å²) in [7, 11) is 0. The lowest BCUT2D eigenvalue weighted by Gasteiger charge is -2.22. The fourth-order valence-corrected chi connectivity index (χ4v) is 1.74. The van der Waals surface area contributed by atoms with Crippen LogP contribution >= 0.6 is 11.6 Å². The summed E-state index contributed by atoms with van der Waals surface area (Å²) in [5.41, 5.74) is 0. The molecule has 0 saturated heterocycles. The molecule has 1 aliphatic carbocycles. The van der Waals surface area contributed by atoms with Crippen LogP contribution in [0.4, 0.5) is 5.82 Å². The van der Waals surface area contributed by atoms with Gasteiger partial charge in [0.1, 0.15) is 5.82 Å². The van der Waals surface area contributed by atoms with Crippen LogP contribution < -0.4 is 4.90 Å². The molecule has 2 rings (SSSR count). The number of hydrogen-bond acceptors (Lipinski definition) is 3. The van der Waals surface area contributed by atoms with E-state index in [1.165, 1.54) is 12.8 Å². The number of rotatable bonds is 4. The normalized spacial score (nSPS) is 15.6. The third-order valence-electron chi connectivity index (χ3n) is 2.36. The summed E-state index contributed by atoms with van der Waals surface area (Å²) >= 11 is 5.77. The van der Waals surface area contributed by atoms with E-state index < -0.39 is 0 Å². The predicted octanol–water partition coefficient (Wildman–Crippen LogP) is 2.51. The molecule has 0 amide bonds. The summed E-state index contributed by atoms with van der Waals surface area (Å²) < 4.78 is 0. The zero-order chi connectivity index (χ0) is 9.97. The molecule has 1 fully saturated rings. The molecule has 14 heavy (non-hydrogen) atoms. The maximum Gasteiger partial charge on any atom is 0.224 e. The third-order valence-corrected chi connectivity index (χ3v) is 2.54. The van der Waals surface area contributed by atoms with Gasteiger partial charge < -0.3 is 4.90 Å². The molecular formula is C10H14ClN3. The summed E-state index contributed by atoms with van der Waals surface area (Å²) in [6.07, 6.45) is 5.41. The van der Waals surface area contributed by atoms with Crippen molar-refractivity contribution in [3.05, 3.63) is 17.5 Å². The first-order chi connectivity index (χ1) is 6.81. The van der Waals surface area contributed by atoms with E-state index >= 15 is 0 Å². The van der Waals surface area contributed by atoms with Crippen molar-refractivity contribution in [3.63, 3.8) is 0 Å². The largest absolute Gasteiger partial charge is 0.354 e. The molecule has 1 aliphatic rings. The smallest absolute Gasteiger partial charge is 0.224 e. The van der Waals surface area contributed by atoms with Crippen LogP contribution in [0.3, 0.4) is 0 Å². The lowest BCUT2D eigenvalue weighted by Crippen LogP contribution is -2.27. The van der Waals surface area contributed by atoms with Crippen LogP contribution in [0.1, 0.15) is 26.2 Å².